The minimum atomic E-state index is -0.414. The second kappa shape index (κ2) is 7.14. The standard InChI is InChI=1S/C15H22N2O3/c16-11-4-3-5-12(10-11)20-9-8-15(19)17-13-6-1-2-7-14(13)18/h3-5,10,13-14,18H,1-2,6-9,16H2,(H,17,19)/t13-,14-/m1/s1. The number of benzene rings is 1. The highest BCUT2D eigenvalue weighted by Crippen LogP contribution is 2.18. The summed E-state index contributed by atoms with van der Waals surface area (Å²) in [7, 11) is 0. The molecular formula is C15H22N2O3. The van der Waals surface area contributed by atoms with Crippen LogP contribution in [0.25, 0.3) is 0 Å². The van der Waals surface area contributed by atoms with Gasteiger partial charge >= 0.3 is 0 Å². The van der Waals surface area contributed by atoms with E-state index in [1.165, 1.54) is 0 Å². The van der Waals surface area contributed by atoms with E-state index in [1.54, 1.807) is 18.2 Å². The number of amides is 1. The van der Waals surface area contributed by atoms with Crippen LogP contribution < -0.4 is 15.8 Å². The molecule has 0 aliphatic heterocycles. The minimum Gasteiger partial charge on any atom is -0.493 e. The number of nitrogens with two attached hydrogens (primary N) is 1. The maximum absolute atomic E-state index is 11.8. The molecule has 2 atom stereocenters. The van der Waals surface area contributed by atoms with E-state index in [4.69, 9.17) is 10.5 Å². The second-order valence-corrected chi connectivity index (χ2v) is 5.20. The summed E-state index contributed by atoms with van der Waals surface area (Å²) in [6.45, 7) is 0.304. The first-order chi connectivity index (χ1) is 9.65. The summed E-state index contributed by atoms with van der Waals surface area (Å²) in [6, 6.07) is 7.01. The van der Waals surface area contributed by atoms with Crippen molar-refractivity contribution in [1.82, 2.24) is 5.32 Å². The number of carbonyl (C=O) groups excluding carboxylic acids is 1. The van der Waals surface area contributed by atoms with Gasteiger partial charge in [0.1, 0.15) is 5.75 Å². The quantitative estimate of drug-likeness (QED) is 0.712. The lowest BCUT2D eigenvalue weighted by Crippen LogP contribution is -2.45. The Morgan fingerprint density at radius 3 is 2.95 bits per heavy atom. The Hall–Kier alpha value is -1.75. The van der Waals surface area contributed by atoms with Crippen LogP contribution in [0, 0.1) is 0 Å². The Morgan fingerprint density at radius 2 is 2.20 bits per heavy atom. The summed E-state index contributed by atoms with van der Waals surface area (Å²) in [5.74, 6) is 0.579. The number of aliphatic hydroxyl groups excluding tert-OH is 1. The molecule has 5 nitrogen and oxygen atoms in total. The van der Waals surface area contributed by atoms with Gasteiger partial charge in [0.2, 0.25) is 5.91 Å². The molecule has 0 spiro atoms. The fourth-order valence-corrected chi connectivity index (χ4v) is 2.42. The Morgan fingerprint density at radius 1 is 1.40 bits per heavy atom. The van der Waals surface area contributed by atoms with E-state index in [2.05, 4.69) is 5.32 Å². The van der Waals surface area contributed by atoms with Crippen LogP contribution in [0.5, 0.6) is 5.75 Å². The Bertz CT molecular complexity index is 450. The molecule has 2 rings (SSSR count). The summed E-state index contributed by atoms with van der Waals surface area (Å²) in [4.78, 5) is 11.8. The lowest BCUT2D eigenvalue weighted by atomic mass is 9.92. The van der Waals surface area contributed by atoms with Crippen molar-refractivity contribution in [2.45, 2.75) is 44.2 Å². The van der Waals surface area contributed by atoms with Crippen LogP contribution in [0.2, 0.25) is 0 Å². The number of anilines is 1. The van der Waals surface area contributed by atoms with Gasteiger partial charge in [0.25, 0.3) is 0 Å². The predicted octanol–water partition coefficient (Wildman–Crippen LogP) is 1.46. The number of nitrogen functional groups attached to an aromatic ring is 1. The lowest BCUT2D eigenvalue weighted by molar-refractivity contribution is -0.123. The van der Waals surface area contributed by atoms with Gasteiger partial charge < -0.3 is 20.9 Å². The zero-order chi connectivity index (χ0) is 14.4. The van der Waals surface area contributed by atoms with Gasteiger partial charge in [-0.2, -0.15) is 0 Å². The van der Waals surface area contributed by atoms with Gasteiger partial charge in [-0.3, -0.25) is 4.79 Å². The van der Waals surface area contributed by atoms with Crippen LogP contribution >= 0.6 is 0 Å². The molecule has 0 bridgehead atoms. The summed E-state index contributed by atoms with van der Waals surface area (Å²) in [5.41, 5.74) is 6.28. The minimum absolute atomic E-state index is 0.0835. The smallest absolute Gasteiger partial charge is 0.223 e. The van der Waals surface area contributed by atoms with Crippen molar-refractivity contribution >= 4 is 11.6 Å². The molecule has 4 N–H and O–H groups in total. The molecule has 0 saturated heterocycles. The first-order valence-corrected chi connectivity index (χ1v) is 7.11. The van der Waals surface area contributed by atoms with E-state index in [-0.39, 0.29) is 18.4 Å². The molecule has 1 aliphatic carbocycles. The monoisotopic (exact) mass is 278 g/mol. The highest BCUT2D eigenvalue weighted by atomic mass is 16.5. The Labute approximate surface area is 119 Å². The third-order valence-electron chi connectivity index (χ3n) is 3.53. The number of nitrogens with one attached hydrogen (secondary N) is 1. The molecule has 1 saturated carbocycles. The summed E-state index contributed by atoms with van der Waals surface area (Å²) < 4.78 is 5.47. The van der Waals surface area contributed by atoms with E-state index < -0.39 is 6.10 Å². The summed E-state index contributed by atoms with van der Waals surface area (Å²) in [6.07, 6.45) is 3.57. The number of rotatable bonds is 5. The van der Waals surface area contributed by atoms with Crippen LogP contribution in [0.1, 0.15) is 32.1 Å². The molecule has 20 heavy (non-hydrogen) atoms. The predicted molar refractivity (Wildman–Crippen MR) is 77.4 cm³/mol. The molecule has 0 unspecified atom stereocenters. The Kier molecular flexibility index (Phi) is 5.24. The van der Waals surface area contributed by atoms with Gasteiger partial charge in [-0.1, -0.05) is 18.9 Å². The van der Waals surface area contributed by atoms with Gasteiger partial charge in [-0.15, -0.1) is 0 Å². The number of hydrogen-bond acceptors (Lipinski definition) is 4. The van der Waals surface area contributed by atoms with Gasteiger partial charge in [0.05, 0.1) is 25.2 Å². The maximum Gasteiger partial charge on any atom is 0.223 e. The number of ether oxygens (including phenoxy) is 1. The first kappa shape index (κ1) is 14.7. The lowest BCUT2D eigenvalue weighted by Gasteiger charge is -2.28. The summed E-state index contributed by atoms with van der Waals surface area (Å²) in [5, 5.41) is 12.7. The van der Waals surface area contributed by atoms with Crippen molar-refractivity contribution in [3.63, 3.8) is 0 Å². The largest absolute Gasteiger partial charge is 0.493 e. The van der Waals surface area contributed by atoms with Crippen molar-refractivity contribution < 1.29 is 14.6 Å². The van der Waals surface area contributed by atoms with Gasteiger partial charge in [-0.05, 0) is 25.0 Å². The molecule has 1 aromatic carbocycles. The molecule has 1 aliphatic rings. The number of aliphatic hydroxyl groups is 1. The molecule has 0 aromatic heterocycles. The third kappa shape index (κ3) is 4.42. The van der Waals surface area contributed by atoms with Crippen molar-refractivity contribution in [3.05, 3.63) is 24.3 Å². The highest BCUT2D eigenvalue weighted by molar-refractivity contribution is 5.76. The first-order valence-electron chi connectivity index (χ1n) is 7.11. The van der Waals surface area contributed by atoms with Crippen LogP contribution in [0.3, 0.4) is 0 Å². The van der Waals surface area contributed by atoms with Crippen molar-refractivity contribution in [2.75, 3.05) is 12.3 Å². The molecule has 110 valence electrons. The van der Waals surface area contributed by atoms with Crippen molar-refractivity contribution in [2.24, 2.45) is 0 Å². The molecule has 1 amide bonds. The normalized spacial score (nSPS) is 22.2. The van der Waals surface area contributed by atoms with E-state index in [1.807, 2.05) is 6.07 Å². The highest BCUT2D eigenvalue weighted by Gasteiger charge is 2.24. The molecule has 0 heterocycles. The fourth-order valence-electron chi connectivity index (χ4n) is 2.42. The van der Waals surface area contributed by atoms with Crippen molar-refractivity contribution in [3.8, 4) is 5.75 Å². The molecule has 1 aromatic rings. The van der Waals surface area contributed by atoms with Gasteiger partial charge in [-0.25, -0.2) is 0 Å². The summed E-state index contributed by atoms with van der Waals surface area (Å²) >= 11 is 0. The van der Waals surface area contributed by atoms with E-state index in [9.17, 15) is 9.90 Å². The molecular weight excluding hydrogens is 256 g/mol. The second-order valence-electron chi connectivity index (χ2n) is 5.20. The van der Waals surface area contributed by atoms with Crippen LogP contribution in [-0.4, -0.2) is 29.8 Å². The number of carbonyl (C=O) groups is 1. The Balaban J connectivity index is 1.70. The SMILES string of the molecule is Nc1cccc(OCCC(=O)N[C@@H]2CCCC[C@H]2O)c1. The molecule has 0 radical (unpaired) electrons. The van der Waals surface area contributed by atoms with Gasteiger partial charge in [0, 0.05) is 11.8 Å². The van der Waals surface area contributed by atoms with Crippen LogP contribution in [-0.2, 0) is 4.79 Å². The molecule has 5 heteroatoms. The maximum atomic E-state index is 11.8. The van der Waals surface area contributed by atoms with Gasteiger partial charge in [0.15, 0.2) is 0 Å². The topological polar surface area (TPSA) is 84.6 Å². The average Bonchev–Trinajstić information content (AvgIpc) is 2.41. The zero-order valence-corrected chi connectivity index (χ0v) is 11.5. The van der Waals surface area contributed by atoms with E-state index in [0.717, 1.165) is 25.7 Å². The third-order valence-corrected chi connectivity index (χ3v) is 3.53. The van der Waals surface area contributed by atoms with E-state index in [0.29, 0.717) is 18.0 Å². The van der Waals surface area contributed by atoms with Crippen LogP contribution in [0.15, 0.2) is 24.3 Å². The zero-order valence-electron chi connectivity index (χ0n) is 11.5. The average molecular weight is 278 g/mol. The van der Waals surface area contributed by atoms with E-state index >= 15 is 0 Å². The van der Waals surface area contributed by atoms with Crippen molar-refractivity contribution in [1.29, 1.82) is 0 Å². The van der Waals surface area contributed by atoms with Crippen LogP contribution in [0.4, 0.5) is 5.69 Å². The fraction of sp³-hybridized carbons (Fsp3) is 0.533. The molecule has 1 fully saturated rings. The number of hydrogen-bond donors (Lipinski definition) is 3.